The summed E-state index contributed by atoms with van der Waals surface area (Å²) in [4.78, 5) is 22.9. The molecule has 0 saturated heterocycles. The Morgan fingerprint density at radius 1 is 1.61 bits per heavy atom. The topological polar surface area (TPSA) is 69.6 Å². The first-order chi connectivity index (χ1) is 9.84. The number of aliphatic hydroxyl groups is 1. The third kappa shape index (κ3) is 1.49. The number of nitrogens with zero attached hydrogens (tertiary/aromatic N) is 4. The number of anilines is 2. The quantitative estimate of drug-likeness (QED) is 0.740. The number of carbonyl (C=O) groups is 1. The number of aryl methyl sites for hydroxylation is 1. The van der Waals surface area contributed by atoms with Crippen molar-refractivity contribution < 1.29 is 14.0 Å². The van der Waals surface area contributed by atoms with Gasteiger partial charge in [0, 0.05) is 17.6 Å². The van der Waals surface area contributed by atoms with Crippen LogP contribution in [0, 0.1) is 0 Å². The number of aromatic nitrogens is 2. The van der Waals surface area contributed by atoms with Crippen LogP contribution in [0.3, 0.4) is 0 Å². The molecule has 0 bridgehead atoms. The zero-order chi connectivity index (χ0) is 15.4. The minimum atomic E-state index is -2.61. The average Bonchev–Trinajstić information content (AvgIpc) is 2.40. The number of halogens is 1. The first-order valence-electron chi connectivity index (χ1n) is 7.12. The van der Waals surface area contributed by atoms with Gasteiger partial charge in [-0.05, 0) is 24.4 Å². The standard InChI is InChI=1S/C11H13ClN4O2/c1-15-7(5-17)10(18)16-4-2-3-6-8(16)9(15)14-11(12)13-6/h7,17H,2-5H2,1H3/t7-/m0/s1/i1D3. The first-order valence-corrected chi connectivity index (χ1v) is 6.00. The number of amides is 1. The summed E-state index contributed by atoms with van der Waals surface area (Å²) in [7, 11) is 0. The molecule has 1 N–H and O–H groups in total. The van der Waals surface area contributed by atoms with E-state index in [1.165, 1.54) is 4.90 Å². The van der Waals surface area contributed by atoms with Gasteiger partial charge < -0.3 is 14.9 Å². The summed E-state index contributed by atoms with van der Waals surface area (Å²) in [6.07, 6.45) is 1.31. The maximum atomic E-state index is 12.5. The minimum absolute atomic E-state index is 0.0640. The highest BCUT2D eigenvalue weighted by atomic mass is 35.5. The fourth-order valence-electron chi connectivity index (χ4n) is 2.41. The largest absolute Gasteiger partial charge is 0.394 e. The van der Waals surface area contributed by atoms with Crippen LogP contribution in [0.4, 0.5) is 11.5 Å². The molecule has 7 heteroatoms. The van der Waals surface area contributed by atoms with Crippen LogP contribution in [0.15, 0.2) is 0 Å². The molecule has 2 aliphatic rings. The Kier molecular flexibility index (Phi) is 1.96. The summed E-state index contributed by atoms with van der Waals surface area (Å²) < 4.78 is 22.9. The summed E-state index contributed by atoms with van der Waals surface area (Å²) in [6, 6.07) is -1.19. The van der Waals surface area contributed by atoms with Crippen molar-refractivity contribution in [3.8, 4) is 0 Å². The molecule has 0 aromatic carbocycles. The van der Waals surface area contributed by atoms with E-state index in [1.807, 2.05) is 0 Å². The lowest BCUT2D eigenvalue weighted by molar-refractivity contribution is -0.121. The third-order valence-electron chi connectivity index (χ3n) is 3.24. The van der Waals surface area contributed by atoms with E-state index in [1.54, 1.807) is 0 Å². The molecule has 0 spiro atoms. The Morgan fingerprint density at radius 2 is 2.44 bits per heavy atom. The summed E-state index contributed by atoms with van der Waals surface area (Å²) in [5.41, 5.74) is 0.965. The molecule has 1 atom stereocenters. The summed E-state index contributed by atoms with van der Waals surface area (Å²) in [5.74, 6) is -0.364. The van der Waals surface area contributed by atoms with E-state index < -0.39 is 25.5 Å². The van der Waals surface area contributed by atoms with Gasteiger partial charge in [0.15, 0.2) is 5.82 Å². The van der Waals surface area contributed by atoms with Gasteiger partial charge in [-0.3, -0.25) is 4.79 Å². The number of likely N-dealkylation sites (N-methyl/N-ethyl adjacent to an activating group) is 1. The second kappa shape index (κ2) is 4.07. The second-order valence-corrected chi connectivity index (χ2v) is 4.61. The Bertz CT molecular complexity index is 610. The number of carbonyl (C=O) groups excluding carboxylic acids is 1. The Balaban J connectivity index is 2.27. The van der Waals surface area contributed by atoms with Crippen molar-refractivity contribution in [1.29, 1.82) is 0 Å². The van der Waals surface area contributed by atoms with Gasteiger partial charge >= 0.3 is 0 Å². The van der Waals surface area contributed by atoms with Gasteiger partial charge in [-0.1, -0.05) is 0 Å². The van der Waals surface area contributed by atoms with E-state index >= 15 is 0 Å². The number of rotatable bonds is 1. The molecule has 1 amide bonds. The lowest BCUT2D eigenvalue weighted by atomic mass is 10.0. The van der Waals surface area contributed by atoms with Crippen molar-refractivity contribution in [3.05, 3.63) is 11.0 Å². The van der Waals surface area contributed by atoms with Gasteiger partial charge in [0.25, 0.3) is 5.91 Å². The molecule has 0 fully saturated rings. The zero-order valence-electron chi connectivity index (χ0n) is 12.4. The lowest BCUT2D eigenvalue weighted by Crippen LogP contribution is -2.55. The molecule has 3 rings (SSSR count). The highest BCUT2D eigenvalue weighted by molar-refractivity contribution is 6.28. The van der Waals surface area contributed by atoms with Crippen molar-refractivity contribution in [1.82, 2.24) is 9.97 Å². The number of hydrogen-bond acceptors (Lipinski definition) is 5. The van der Waals surface area contributed by atoms with E-state index in [0.717, 1.165) is 4.90 Å². The summed E-state index contributed by atoms with van der Waals surface area (Å²) >= 11 is 5.88. The minimum Gasteiger partial charge on any atom is -0.394 e. The number of hydrogen-bond donors (Lipinski definition) is 1. The van der Waals surface area contributed by atoms with Crippen molar-refractivity contribution >= 4 is 29.0 Å². The van der Waals surface area contributed by atoms with Crippen molar-refractivity contribution in [2.75, 3.05) is 29.9 Å². The van der Waals surface area contributed by atoms with E-state index in [2.05, 4.69) is 9.97 Å². The summed E-state index contributed by atoms with van der Waals surface area (Å²) in [5, 5.41) is 9.41. The van der Waals surface area contributed by atoms with Gasteiger partial charge in [-0.2, -0.15) is 4.98 Å². The maximum absolute atomic E-state index is 12.5. The highest BCUT2D eigenvalue weighted by Gasteiger charge is 2.40. The smallest absolute Gasteiger partial charge is 0.252 e. The van der Waals surface area contributed by atoms with Crippen LogP contribution in [-0.2, 0) is 11.2 Å². The van der Waals surface area contributed by atoms with Crippen LogP contribution in [0.25, 0.3) is 0 Å². The molecule has 0 saturated carbocycles. The highest BCUT2D eigenvalue weighted by Crippen LogP contribution is 2.39. The van der Waals surface area contributed by atoms with Crippen molar-refractivity contribution in [3.63, 3.8) is 0 Å². The molecule has 0 radical (unpaired) electrons. The van der Waals surface area contributed by atoms with Crippen LogP contribution in [0.1, 0.15) is 16.2 Å². The van der Waals surface area contributed by atoms with E-state index in [-0.39, 0.29) is 11.1 Å². The molecule has 3 heterocycles. The molecule has 18 heavy (non-hydrogen) atoms. The first kappa shape index (κ1) is 8.66. The number of aliphatic hydroxyl groups excluding tert-OH is 1. The SMILES string of the molecule is [2H]C([2H])([2H])N1c2nc(Cl)nc3c2N(CCC3)C(=O)[C@@H]1CO. The lowest BCUT2D eigenvalue weighted by Gasteiger charge is -2.41. The predicted octanol–water partition coefficient (Wildman–Crippen LogP) is 0.220. The molecular formula is C11H13ClN4O2. The summed E-state index contributed by atoms with van der Waals surface area (Å²) in [6.45, 7) is -2.77. The molecule has 0 aliphatic carbocycles. The van der Waals surface area contributed by atoms with E-state index in [4.69, 9.17) is 15.7 Å². The third-order valence-corrected chi connectivity index (χ3v) is 3.41. The van der Waals surface area contributed by atoms with Crippen LogP contribution < -0.4 is 9.80 Å². The zero-order valence-corrected chi connectivity index (χ0v) is 10.2. The fourth-order valence-corrected chi connectivity index (χ4v) is 2.59. The Morgan fingerprint density at radius 3 is 3.17 bits per heavy atom. The van der Waals surface area contributed by atoms with Gasteiger partial charge in [-0.15, -0.1) is 0 Å². The normalized spacial score (nSPS) is 25.3. The van der Waals surface area contributed by atoms with Crippen LogP contribution in [0.5, 0.6) is 0 Å². The van der Waals surface area contributed by atoms with Crippen molar-refractivity contribution in [2.45, 2.75) is 18.9 Å². The van der Waals surface area contributed by atoms with Gasteiger partial charge in [0.05, 0.1) is 12.3 Å². The van der Waals surface area contributed by atoms with Gasteiger partial charge in [0.1, 0.15) is 11.7 Å². The fraction of sp³-hybridized carbons (Fsp3) is 0.545. The van der Waals surface area contributed by atoms with Gasteiger partial charge in [-0.25, -0.2) is 4.98 Å². The van der Waals surface area contributed by atoms with E-state index in [9.17, 15) is 9.90 Å². The van der Waals surface area contributed by atoms with Crippen molar-refractivity contribution in [2.24, 2.45) is 0 Å². The molecule has 0 unspecified atom stereocenters. The molecule has 1 aromatic rings. The molecule has 6 nitrogen and oxygen atoms in total. The Labute approximate surface area is 113 Å². The Hall–Kier alpha value is -1.40. The van der Waals surface area contributed by atoms with E-state index in [0.29, 0.717) is 30.8 Å². The maximum Gasteiger partial charge on any atom is 0.252 e. The molecular weight excluding hydrogens is 256 g/mol. The molecule has 96 valence electrons. The molecule has 1 aromatic heterocycles. The van der Waals surface area contributed by atoms with Gasteiger partial charge in [0.2, 0.25) is 5.28 Å². The van der Waals surface area contributed by atoms with Crippen LogP contribution in [0.2, 0.25) is 5.28 Å². The predicted molar refractivity (Wildman–Crippen MR) is 67.0 cm³/mol. The van der Waals surface area contributed by atoms with Crippen LogP contribution >= 0.6 is 11.6 Å². The molecule has 2 aliphatic heterocycles. The average molecular weight is 272 g/mol. The second-order valence-electron chi connectivity index (χ2n) is 4.27. The monoisotopic (exact) mass is 271 g/mol. The van der Waals surface area contributed by atoms with Crippen LogP contribution in [-0.4, -0.2) is 47.2 Å².